The molecule has 2 aromatic carbocycles. The Morgan fingerprint density at radius 2 is 1.77 bits per heavy atom. The molecule has 0 aliphatic heterocycles. The Kier molecular flexibility index (Phi) is 4.85. The molecule has 0 unspecified atom stereocenters. The minimum Gasteiger partial charge on any atom is -0.497 e. The van der Waals surface area contributed by atoms with Crippen LogP contribution in [0, 0.1) is 0 Å². The number of carbonyl (C=O) groups is 1. The zero-order chi connectivity index (χ0) is 17.6. The van der Waals surface area contributed by atoms with E-state index in [1.165, 1.54) is 0 Å². The van der Waals surface area contributed by atoms with Gasteiger partial charge in [-0.1, -0.05) is 18.2 Å². The van der Waals surface area contributed by atoms with Crippen molar-refractivity contribution in [2.45, 2.75) is 13.0 Å². The lowest BCUT2D eigenvalue weighted by Crippen LogP contribution is -2.24. The molecule has 1 heterocycles. The molecule has 0 spiro atoms. The number of rotatable bonds is 4. The molecule has 0 bridgehead atoms. The van der Waals surface area contributed by atoms with Gasteiger partial charge >= 0.3 is 0 Å². The number of pyridine rings is 1. The van der Waals surface area contributed by atoms with Crippen molar-refractivity contribution in [1.29, 1.82) is 0 Å². The van der Waals surface area contributed by atoms with Gasteiger partial charge in [0.25, 0.3) is 5.56 Å². The average molecular weight is 371 g/mol. The highest BCUT2D eigenvalue weighted by molar-refractivity contribution is 6.26. The maximum Gasteiger partial charge on any atom is 0.258 e. The topological polar surface area (TPSA) is 74.3 Å². The number of nitrogens with two attached hydrogens (primary N) is 1. The largest absolute Gasteiger partial charge is 0.497 e. The van der Waals surface area contributed by atoms with E-state index < -0.39 is 0 Å². The fourth-order valence-corrected chi connectivity index (χ4v) is 3.55. The van der Waals surface area contributed by atoms with Gasteiger partial charge in [0.15, 0.2) is 5.78 Å². The predicted molar refractivity (Wildman–Crippen MR) is 105 cm³/mol. The van der Waals surface area contributed by atoms with Gasteiger partial charge in [-0.15, -0.1) is 12.4 Å². The summed E-state index contributed by atoms with van der Waals surface area (Å²) in [6.45, 7) is 0.971. The fraction of sp³-hybridized carbons (Fsp3) is 0.200. The third kappa shape index (κ3) is 2.52. The summed E-state index contributed by atoms with van der Waals surface area (Å²) in [5, 5.41) is 1.26. The van der Waals surface area contributed by atoms with Crippen LogP contribution in [0.5, 0.6) is 5.75 Å². The number of halogens is 1. The number of nitrogens with zero attached hydrogens (tertiary/aromatic N) is 1. The van der Waals surface area contributed by atoms with E-state index in [9.17, 15) is 9.59 Å². The molecule has 5 nitrogen and oxygen atoms in total. The van der Waals surface area contributed by atoms with Gasteiger partial charge in [0.1, 0.15) is 5.75 Å². The van der Waals surface area contributed by atoms with Crippen LogP contribution < -0.4 is 16.0 Å². The molecule has 1 aliphatic rings. The summed E-state index contributed by atoms with van der Waals surface area (Å²) in [6, 6.07) is 12.7. The smallest absolute Gasteiger partial charge is 0.258 e. The molecular formula is C20H19ClN2O3. The average Bonchev–Trinajstić information content (AvgIpc) is 2.94. The van der Waals surface area contributed by atoms with Gasteiger partial charge < -0.3 is 15.0 Å². The zero-order valence-electron chi connectivity index (χ0n) is 14.3. The van der Waals surface area contributed by atoms with Gasteiger partial charge in [-0.2, -0.15) is 0 Å². The lowest BCUT2D eigenvalue weighted by atomic mass is 10.0. The van der Waals surface area contributed by atoms with Crippen molar-refractivity contribution in [1.82, 2.24) is 4.57 Å². The van der Waals surface area contributed by atoms with Crippen LogP contribution in [0.15, 0.2) is 47.3 Å². The van der Waals surface area contributed by atoms with E-state index in [0.717, 1.165) is 5.56 Å². The molecule has 0 amide bonds. The molecule has 0 saturated carbocycles. The van der Waals surface area contributed by atoms with Crippen LogP contribution in [0.4, 0.5) is 0 Å². The van der Waals surface area contributed by atoms with Crippen molar-refractivity contribution in [3.8, 4) is 17.0 Å². The van der Waals surface area contributed by atoms with E-state index in [1.54, 1.807) is 23.8 Å². The van der Waals surface area contributed by atoms with Crippen molar-refractivity contribution in [3.05, 3.63) is 63.9 Å². The lowest BCUT2D eigenvalue weighted by Gasteiger charge is -2.14. The van der Waals surface area contributed by atoms with E-state index in [0.29, 0.717) is 52.9 Å². The molecule has 6 heteroatoms. The molecule has 2 N–H and O–H groups in total. The van der Waals surface area contributed by atoms with Crippen LogP contribution in [-0.4, -0.2) is 24.0 Å². The Morgan fingerprint density at radius 1 is 1.04 bits per heavy atom. The number of hydrogen-bond donors (Lipinski definition) is 1. The van der Waals surface area contributed by atoms with Crippen molar-refractivity contribution in [3.63, 3.8) is 0 Å². The summed E-state index contributed by atoms with van der Waals surface area (Å²) in [6.07, 6.45) is 0.671. The van der Waals surface area contributed by atoms with Crippen molar-refractivity contribution in [2.24, 2.45) is 5.73 Å². The number of benzene rings is 2. The zero-order valence-corrected chi connectivity index (χ0v) is 15.1. The monoisotopic (exact) mass is 370 g/mol. The van der Waals surface area contributed by atoms with Gasteiger partial charge in [0.2, 0.25) is 0 Å². The summed E-state index contributed by atoms with van der Waals surface area (Å²) < 4.78 is 6.95. The van der Waals surface area contributed by atoms with Crippen LogP contribution in [0.3, 0.4) is 0 Å². The molecule has 4 rings (SSSR count). The quantitative estimate of drug-likeness (QED) is 0.599. The number of ether oxygens (including phenoxy) is 1. The first-order chi connectivity index (χ1) is 12.2. The number of aromatic nitrogens is 1. The summed E-state index contributed by atoms with van der Waals surface area (Å²) in [5.74, 6) is 0.557. The third-order valence-electron chi connectivity index (χ3n) is 4.72. The minimum atomic E-state index is -0.0840. The second kappa shape index (κ2) is 6.94. The molecule has 3 aromatic rings. The number of methoxy groups -OCH3 is 1. The molecule has 1 aliphatic carbocycles. The Balaban J connectivity index is 0.00000196. The number of fused-ring (bicyclic) bond motifs is 5. The third-order valence-corrected chi connectivity index (χ3v) is 4.72. The van der Waals surface area contributed by atoms with Gasteiger partial charge in [-0.05, 0) is 37.2 Å². The highest BCUT2D eigenvalue weighted by atomic mass is 35.5. The number of ketones is 1. The van der Waals surface area contributed by atoms with Crippen LogP contribution in [0.2, 0.25) is 0 Å². The van der Waals surface area contributed by atoms with Crippen LogP contribution in [-0.2, 0) is 6.54 Å². The van der Waals surface area contributed by atoms with Crippen molar-refractivity contribution in [2.75, 3.05) is 13.7 Å². The first-order valence-corrected chi connectivity index (χ1v) is 8.26. The number of hydrogen-bond acceptors (Lipinski definition) is 4. The van der Waals surface area contributed by atoms with Crippen LogP contribution in [0.25, 0.3) is 22.0 Å². The van der Waals surface area contributed by atoms with E-state index in [1.807, 2.05) is 30.3 Å². The molecule has 26 heavy (non-hydrogen) atoms. The Bertz CT molecular complexity index is 1070. The summed E-state index contributed by atoms with van der Waals surface area (Å²) in [5.41, 5.74) is 8.20. The van der Waals surface area contributed by atoms with E-state index in [2.05, 4.69) is 0 Å². The predicted octanol–water partition coefficient (Wildman–Crippen LogP) is 2.99. The van der Waals surface area contributed by atoms with Crippen molar-refractivity contribution >= 4 is 29.0 Å². The van der Waals surface area contributed by atoms with E-state index >= 15 is 0 Å². The second-order valence-corrected chi connectivity index (χ2v) is 6.11. The summed E-state index contributed by atoms with van der Waals surface area (Å²) in [4.78, 5) is 26.1. The molecule has 0 radical (unpaired) electrons. The van der Waals surface area contributed by atoms with E-state index in [-0.39, 0.29) is 23.7 Å². The maximum absolute atomic E-state index is 13.1. The Labute approximate surface area is 156 Å². The standard InChI is InChI=1S/C20H18N2O3.ClH/c1-25-12-7-8-14-16(11-12)19(23)17-13-5-2-3-6-15(13)20(24)22(18(14)17)10-4-9-21;/h2-3,5-8,11H,4,9-10,21H2,1H3;1H. The summed E-state index contributed by atoms with van der Waals surface area (Å²) >= 11 is 0. The number of carbonyl (C=O) groups excluding carboxylic acids is 1. The molecule has 134 valence electrons. The minimum absolute atomic E-state index is 0. The first-order valence-electron chi connectivity index (χ1n) is 8.26. The SMILES string of the molecule is COc1ccc2c(c1)C(=O)c1c-2n(CCCN)c(=O)c2ccccc12.Cl. The highest BCUT2D eigenvalue weighted by Gasteiger charge is 2.32. The first kappa shape index (κ1) is 18.2. The van der Waals surface area contributed by atoms with Gasteiger partial charge in [-0.3, -0.25) is 9.59 Å². The van der Waals surface area contributed by atoms with Gasteiger partial charge in [0, 0.05) is 28.4 Å². The van der Waals surface area contributed by atoms with Gasteiger partial charge in [0.05, 0.1) is 18.4 Å². The second-order valence-electron chi connectivity index (χ2n) is 6.11. The normalized spacial score (nSPS) is 11.8. The van der Waals surface area contributed by atoms with E-state index in [4.69, 9.17) is 10.5 Å². The van der Waals surface area contributed by atoms with Crippen molar-refractivity contribution < 1.29 is 9.53 Å². The lowest BCUT2D eigenvalue weighted by molar-refractivity contribution is 0.104. The fourth-order valence-electron chi connectivity index (χ4n) is 3.55. The highest BCUT2D eigenvalue weighted by Crippen LogP contribution is 2.40. The Hall–Kier alpha value is -2.63. The maximum atomic E-state index is 13.1. The Morgan fingerprint density at radius 3 is 2.46 bits per heavy atom. The molecule has 0 saturated heterocycles. The molecule has 1 aromatic heterocycles. The molecule has 0 fully saturated rings. The van der Waals surface area contributed by atoms with Crippen LogP contribution >= 0.6 is 12.4 Å². The molecular weight excluding hydrogens is 352 g/mol. The van der Waals surface area contributed by atoms with Gasteiger partial charge in [-0.25, -0.2) is 0 Å². The van der Waals surface area contributed by atoms with Crippen LogP contribution in [0.1, 0.15) is 22.3 Å². The molecule has 0 atom stereocenters. The summed E-state index contributed by atoms with van der Waals surface area (Å²) in [7, 11) is 1.57.